The van der Waals surface area contributed by atoms with Crippen LogP contribution in [-0.2, 0) is 10.2 Å². The van der Waals surface area contributed by atoms with Gasteiger partial charge in [0.05, 0.1) is 0 Å². The summed E-state index contributed by atoms with van der Waals surface area (Å²) in [7, 11) is -0.204. The van der Waals surface area contributed by atoms with E-state index in [0.717, 1.165) is 29.9 Å². The standard InChI is InChI=1S/C22H32N6O2S/c1-16-6-7-17-15-23-21(24-18-8-13-27(14-9-18)31(29,30)26(2)3)25-20(17)28(16)19-5-4-10-22(19)11-12-22/h6-7,15,18-19H,1,4-5,8-14H2,2-3H3,(H,23,24,25)/t19-/m0/s1. The van der Waals surface area contributed by atoms with Crippen molar-refractivity contribution in [3.63, 3.8) is 0 Å². The Morgan fingerprint density at radius 1 is 1.16 bits per heavy atom. The van der Waals surface area contributed by atoms with E-state index in [1.807, 2.05) is 6.20 Å². The largest absolute Gasteiger partial charge is 0.351 e. The zero-order valence-electron chi connectivity index (χ0n) is 18.4. The predicted molar refractivity (Wildman–Crippen MR) is 123 cm³/mol. The molecule has 3 heterocycles. The van der Waals surface area contributed by atoms with Crippen LogP contribution in [0.1, 0.15) is 50.5 Å². The van der Waals surface area contributed by atoms with Crippen molar-refractivity contribution in [1.82, 2.24) is 18.6 Å². The molecule has 9 heteroatoms. The quantitative estimate of drug-likeness (QED) is 0.752. The number of nitrogens with zero attached hydrogens (tertiary/aromatic N) is 5. The third kappa shape index (κ3) is 3.66. The van der Waals surface area contributed by atoms with Crippen LogP contribution in [0.15, 0.2) is 24.5 Å². The topological polar surface area (TPSA) is 81.7 Å². The van der Waals surface area contributed by atoms with Crippen LogP contribution in [-0.4, -0.2) is 66.3 Å². The van der Waals surface area contributed by atoms with Gasteiger partial charge in [0, 0.05) is 56.7 Å². The molecule has 8 nitrogen and oxygen atoms in total. The van der Waals surface area contributed by atoms with E-state index in [9.17, 15) is 8.42 Å². The Hall–Kier alpha value is -1.97. The first kappa shape index (κ1) is 20.9. The highest BCUT2D eigenvalue weighted by Gasteiger charge is 2.55. The molecule has 168 valence electrons. The summed E-state index contributed by atoms with van der Waals surface area (Å²) in [5.74, 6) is 1.57. The van der Waals surface area contributed by atoms with Crippen LogP contribution in [0.2, 0.25) is 0 Å². The molecule has 1 saturated heterocycles. The fraction of sp³-hybridized carbons (Fsp3) is 0.636. The first-order valence-corrected chi connectivity index (χ1v) is 12.7. The molecule has 0 bridgehead atoms. The molecule has 0 radical (unpaired) electrons. The summed E-state index contributed by atoms with van der Waals surface area (Å²) in [6.45, 7) is 5.31. The lowest BCUT2D eigenvalue weighted by atomic mass is 9.96. The van der Waals surface area contributed by atoms with Crippen molar-refractivity contribution in [3.8, 4) is 0 Å². The minimum absolute atomic E-state index is 0.156. The summed E-state index contributed by atoms with van der Waals surface area (Å²) >= 11 is 0. The molecule has 0 aromatic carbocycles. The first-order valence-electron chi connectivity index (χ1n) is 11.3. The zero-order chi connectivity index (χ0) is 21.8. The number of hydrogen-bond donors (Lipinski definition) is 1. The molecule has 2 aliphatic carbocycles. The Morgan fingerprint density at radius 2 is 1.90 bits per heavy atom. The Bertz CT molecular complexity index is 1010. The number of piperidine rings is 1. The highest BCUT2D eigenvalue weighted by molar-refractivity contribution is 7.86. The van der Waals surface area contributed by atoms with E-state index in [-0.39, 0.29) is 6.04 Å². The van der Waals surface area contributed by atoms with Crippen molar-refractivity contribution in [1.29, 1.82) is 0 Å². The smallest absolute Gasteiger partial charge is 0.281 e. The molecule has 0 unspecified atom stereocenters. The molecule has 1 aromatic rings. The molecule has 2 saturated carbocycles. The van der Waals surface area contributed by atoms with Gasteiger partial charge in [-0.15, -0.1) is 0 Å². The molecule has 1 atom stereocenters. The van der Waals surface area contributed by atoms with Crippen molar-refractivity contribution in [3.05, 3.63) is 30.1 Å². The number of anilines is 2. The summed E-state index contributed by atoms with van der Waals surface area (Å²) in [6, 6.07) is 0.634. The minimum Gasteiger partial charge on any atom is -0.351 e. The lowest BCUT2D eigenvalue weighted by molar-refractivity contribution is 0.310. The molecule has 1 spiro atoms. The first-order chi connectivity index (χ1) is 14.8. The van der Waals surface area contributed by atoms with Gasteiger partial charge < -0.3 is 10.2 Å². The number of allylic oxidation sites excluding steroid dienone is 1. The monoisotopic (exact) mass is 444 g/mol. The molecular weight excluding hydrogens is 412 g/mol. The third-order valence-corrected chi connectivity index (χ3v) is 9.37. The SMILES string of the molecule is C=C1C=Cc2cnc(NC3CCN(S(=O)(=O)N(C)C)CC3)nc2N1[C@H]1CCCC12CC2. The number of rotatable bonds is 5. The molecule has 1 aromatic heterocycles. The van der Waals surface area contributed by atoms with Crippen molar-refractivity contribution >= 4 is 28.1 Å². The second-order valence-corrected chi connectivity index (χ2v) is 11.7. The Kier molecular flexibility index (Phi) is 5.10. The molecule has 2 aliphatic heterocycles. The van der Waals surface area contributed by atoms with Gasteiger partial charge in [-0.3, -0.25) is 0 Å². The maximum absolute atomic E-state index is 12.3. The van der Waals surface area contributed by atoms with E-state index in [1.165, 1.54) is 36.4 Å². The average molecular weight is 445 g/mol. The van der Waals surface area contributed by atoms with Crippen LogP contribution in [0.3, 0.4) is 0 Å². The zero-order valence-corrected chi connectivity index (χ0v) is 19.2. The van der Waals surface area contributed by atoms with Crippen molar-refractivity contribution < 1.29 is 8.42 Å². The molecule has 31 heavy (non-hydrogen) atoms. The fourth-order valence-electron chi connectivity index (χ4n) is 5.42. The van der Waals surface area contributed by atoms with Crippen LogP contribution in [0.4, 0.5) is 11.8 Å². The van der Waals surface area contributed by atoms with E-state index in [1.54, 1.807) is 18.4 Å². The van der Waals surface area contributed by atoms with Gasteiger partial charge in [-0.25, -0.2) is 4.98 Å². The number of nitrogens with one attached hydrogen (secondary N) is 1. The van der Waals surface area contributed by atoms with Crippen molar-refractivity contribution in [2.45, 2.75) is 57.0 Å². The lowest BCUT2D eigenvalue weighted by Crippen LogP contribution is -2.46. The Morgan fingerprint density at radius 3 is 2.58 bits per heavy atom. The average Bonchev–Trinajstić information content (AvgIpc) is 3.41. The second-order valence-electron chi connectivity index (χ2n) is 9.55. The number of hydrogen-bond acceptors (Lipinski definition) is 6. The van der Waals surface area contributed by atoms with Crippen LogP contribution in [0, 0.1) is 5.41 Å². The van der Waals surface area contributed by atoms with Gasteiger partial charge in [-0.1, -0.05) is 13.0 Å². The van der Waals surface area contributed by atoms with E-state index in [4.69, 9.17) is 4.98 Å². The summed E-state index contributed by atoms with van der Waals surface area (Å²) in [5.41, 5.74) is 2.50. The molecule has 3 fully saturated rings. The minimum atomic E-state index is -3.35. The Balaban J connectivity index is 1.32. The third-order valence-electron chi connectivity index (χ3n) is 7.43. The maximum atomic E-state index is 12.3. The normalized spacial score (nSPS) is 26.0. The molecular formula is C22H32N6O2S. The highest BCUT2D eigenvalue weighted by atomic mass is 32.2. The van der Waals surface area contributed by atoms with Crippen molar-refractivity contribution in [2.75, 3.05) is 37.4 Å². The maximum Gasteiger partial charge on any atom is 0.281 e. The van der Waals surface area contributed by atoms with Crippen LogP contribution in [0.25, 0.3) is 6.08 Å². The summed E-state index contributed by atoms with van der Waals surface area (Å²) in [4.78, 5) is 11.8. The fourth-order valence-corrected chi connectivity index (χ4v) is 6.56. The summed E-state index contributed by atoms with van der Waals surface area (Å²) in [6.07, 6.45) is 13.9. The van der Waals surface area contributed by atoms with Crippen molar-refractivity contribution in [2.24, 2.45) is 5.41 Å². The lowest BCUT2D eigenvalue weighted by Gasteiger charge is -2.37. The van der Waals surface area contributed by atoms with Gasteiger partial charge in [0.2, 0.25) is 5.95 Å². The summed E-state index contributed by atoms with van der Waals surface area (Å²) < 4.78 is 27.5. The van der Waals surface area contributed by atoms with E-state index < -0.39 is 10.2 Å². The number of aromatic nitrogens is 2. The molecule has 5 rings (SSSR count). The molecule has 1 N–H and O–H groups in total. The van der Waals surface area contributed by atoms with Crippen LogP contribution >= 0.6 is 0 Å². The van der Waals surface area contributed by atoms with Gasteiger partial charge in [-0.05, 0) is 56.1 Å². The van der Waals surface area contributed by atoms with E-state index in [2.05, 4.69) is 33.9 Å². The summed E-state index contributed by atoms with van der Waals surface area (Å²) in [5, 5.41) is 3.46. The second kappa shape index (κ2) is 7.56. The van der Waals surface area contributed by atoms with E-state index in [0.29, 0.717) is 30.5 Å². The van der Waals surface area contributed by atoms with E-state index >= 15 is 0 Å². The van der Waals surface area contributed by atoms with Crippen LogP contribution < -0.4 is 10.2 Å². The van der Waals surface area contributed by atoms with Gasteiger partial charge in [0.1, 0.15) is 5.82 Å². The Labute approximate surface area is 185 Å². The molecule has 4 aliphatic rings. The van der Waals surface area contributed by atoms with Crippen LogP contribution in [0.5, 0.6) is 0 Å². The van der Waals surface area contributed by atoms with Gasteiger partial charge in [0.25, 0.3) is 10.2 Å². The highest BCUT2D eigenvalue weighted by Crippen LogP contribution is 2.60. The molecule has 0 amide bonds. The number of fused-ring (bicyclic) bond motifs is 1. The van der Waals surface area contributed by atoms with Gasteiger partial charge >= 0.3 is 0 Å². The van der Waals surface area contributed by atoms with Gasteiger partial charge in [-0.2, -0.15) is 22.0 Å². The van der Waals surface area contributed by atoms with Gasteiger partial charge in [0.15, 0.2) is 0 Å². The predicted octanol–water partition coefficient (Wildman–Crippen LogP) is 2.84.